The lowest BCUT2D eigenvalue weighted by atomic mass is 10.1. The Bertz CT molecular complexity index is 884. The van der Waals surface area contributed by atoms with Crippen LogP contribution in [0, 0.1) is 5.82 Å². The fourth-order valence-electron chi connectivity index (χ4n) is 3.04. The highest BCUT2D eigenvalue weighted by Gasteiger charge is 2.32. The molecule has 3 rings (SSSR count). The number of hydrogen-bond acceptors (Lipinski definition) is 4. The molecule has 168 valence electrons. The van der Waals surface area contributed by atoms with E-state index in [0.29, 0.717) is 37.7 Å². The van der Waals surface area contributed by atoms with Crippen LogP contribution in [0.4, 0.5) is 33.7 Å². The molecule has 2 amide bonds. The van der Waals surface area contributed by atoms with Crippen molar-refractivity contribution in [2.45, 2.75) is 6.18 Å². The van der Waals surface area contributed by atoms with E-state index in [9.17, 15) is 22.4 Å². The number of carbonyl (C=O) groups is 1. The monoisotopic (exact) mass is 441 g/mol. The maximum atomic E-state index is 13.2. The van der Waals surface area contributed by atoms with Gasteiger partial charge in [0, 0.05) is 20.1 Å². The molecule has 1 aliphatic heterocycles. The molecule has 10 heteroatoms. The molecule has 2 aromatic rings. The highest BCUT2D eigenvalue weighted by Crippen LogP contribution is 2.35. The molecule has 0 radical (unpaired) electrons. The molecule has 1 N–H and O–H groups in total. The molecule has 0 unspecified atom stereocenters. The first kappa shape index (κ1) is 22.7. The Morgan fingerprint density at radius 3 is 2.48 bits per heavy atom. The fourth-order valence-corrected chi connectivity index (χ4v) is 3.04. The van der Waals surface area contributed by atoms with Crippen LogP contribution < -0.4 is 15.0 Å². The summed E-state index contributed by atoms with van der Waals surface area (Å²) in [5, 5.41) is 2.58. The van der Waals surface area contributed by atoms with E-state index in [1.165, 1.54) is 42.3 Å². The topological polar surface area (TPSA) is 54.0 Å². The average molecular weight is 441 g/mol. The molecule has 0 aliphatic carbocycles. The lowest BCUT2D eigenvalue weighted by Crippen LogP contribution is -2.38. The zero-order valence-corrected chi connectivity index (χ0v) is 16.9. The molecular weight excluding hydrogens is 418 g/mol. The first-order valence-electron chi connectivity index (χ1n) is 9.68. The van der Waals surface area contributed by atoms with Crippen molar-refractivity contribution in [2.75, 3.05) is 56.7 Å². The number of nitrogens with zero attached hydrogens (tertiary/aromatic N) is 2. The molecular formula is C21H23F4N3O3. The minimum atomic E-state index is -4.53. The van der Waals surface area contributed by atoms with Gasteiger partial charge in [0.05, 0.1) is 36.7 Å². The summed E-state index contributed by atoms with van der Waals surface area (Å²) < 4.78 is 63.3. The Labute approximate surface area is 177 Å². The molecule has 1 heterocycles. The Morgan fingerprint density at radius 1 is 1.16 bits per heavy atom. The highest BCUT2D eigenvalue weighted by molar-refractivity contribution is 5.93. The summed E-state index contributed by atoms with van der Waals surface area (Å²) in [6.07, 6.45) is -4.53. The number of hydrogen-bond donors (Lipinski definition) is 1. The number of likely N-dealkylation sites (N-methyl/N-ethyl adjacent to an activating group) is 1. The van der Waals surface area contributed by atoms with Crippen molar-refractivity contribution in [3.05, 3.63) is 53.8 Å². The highest BCUT2D eigenvalue weighted by atomic mass is 19.4. The van der Waals surface area contributed by atoms with Gasteiger partial charge >= 0.3 is 12.2 Å². The van der Waals surface area contributed by atoms with Gasteiger partial charge in [-0.2, -0.15) is 13.2 Å². The summed E-state index contributed by atoms with van der Waals surface area (Å²) in [6, 6.07) is 8.17. The van der Waals surface area contributed by atoms with Crippen LogP contribution in [0.5, 0.6) is 5.75 Å². The Kier molecular flexibility index (Phi) is 7.21. The van der Waals surface area contributed by atoms with Crippen LogP contribution in [0.1, 0.15) is 5.56 Å². The lowest BCUT2D eigenvalue weighted by molar-refractivity contribution is -0.137. The normalized spacial score (nSPS) is 14.3. The zero-order valence-electron chi connectivity index (χ0n) is 16.9. The standard InChI is InChI=1S/C21H23F4N3O3/c1-27(8-13-31-17-5-3-16(22)4-6-17)20(29)26-18-14-15(21(23,24)25)2-7-19(18)28-9-11-30-12-10-28/h2-7,14H,8-13H2,1H3,(H,26,29). The van der Waals surface area contributed by atoms with E-state index in [1.54, 1.807) is 0 Å². The number of ether oxygens (including phenoxy) is 2. The van der Waals surface area contributed by atoms with Gasteiger partial charge in [0.15, 0.2) is 0 Å². The number of amides is 2. The van der Waals surface area contributed by atoms with Crippen LogP contribution in [-0.2, 0) is 10.9 Å². The lowest BCUT2D eigenvalue weighted by Gasteiger charge is -2.31. The van der Waals surface area contributed by atoms with Crippen molar-refractivity contribution in [3.63, 3.8) is 0 Å². The summed E-state index contributed by atoms with van der Waals surface area (Å²) in [5.74, 6) is 0.0590. The van der Waals surface area contributed by atoms with E-state index in [2.05, 4.69) is 5.32 Å². The Hall–Kier alpha value is -3.01. The van der Waals surface area contributed by atoms with Crippen LogP contribution in [-0.4, -0.2) is 57.4 Å². The van der Waals surface area contributed by atoms with Crippen LogP contribution in [0.3, 0.4) is 0 Å². The molecule has 0 spiro atoms. The fraction of sp³-hybridized carbons (Fsp3) is 0.381. The summed E-state index contributed by atoms with van der Waals surface area (Å²) in [6.45, 7) is 2.23. The number of urea groups is 1. The van der Waals surface area contributed by atoms with Crippen LogP contribution in [0.25, 0.3) is 0 Å². The van der Waals surface area contributed by atoms with Gasteiger partial charge in [-0.15, -0.1) is 0 Å². The molecule has 1 saturated heterocycles. The average Bonchev–Trinajstić information content (AvgIpc) is 2.75. The van der Waals surface area contributed by atoms with E-state index in [-0.39, 0.29) is 24.7 Å². The molecule has 6 nitrogen and oxygen atoms in total. The number of halogens is 4. The number of benzene rings is 2. The molecule has 0 atom stereocenters. The van der Waals surface area contributed by atoms with Gasteiger partial charge in [-0.3, -0.25) is 0 Å². The van der Waals surface area contributed by atoms with Gasteiger partial charge in [-0.05, 0) is 42.5 Å². The van der Waals surface area contributed by atoms with Crippen molar-refractivity contribution in [3.8, 4) is 5.75 Å². The first-order valence-corrected chi connectivity index (χ1v) is 9.68. The summed E-state index contributed by atoms with van der Waals surface area (Å²) in [5.41, 5.74) is -0.268. The predicted octanol–water partition coefficient (Wildman–Crippen LogP) is 4.22. The zero-order chi connectivity index (χ0) is 22.4. The van der Waals surface area contributed by atoms with Crippen molar-refractivity contribution < 1.29 is 31.8 Å². The van der Waals surface area contributed by atoms with Gasteiger partial charge < -0.3 is 24.6 Å². The van der Waals surface area contributed by atoms with E-state index < -0.39 is 17.8 Å². The number of nitrogens with one attached hydrogen (secondary N) is 1. The smallest absolute Gasteiger partial charge is 0.416 e. The van der Waals surface area contributed by atoms with Crippen LogP contribution >= 0.6 is 0 Å². The quantitative estimate of drug-likeness (QED) is 0.682. The number of anilines is 2. The van der Waals surface area contributed by atoms with E-state index in [1.807, 2.05) is 4.90 Å². The maximum absolute atomic E-state index is 13.2. The molecule has 0 saturated carbocycles. The molecule has 1 aliphatic rings. The second kappa shape index (κ2) is 9.86. The van der Waals surface area contributed by atoms with Crippen molar-refractivity contribution in [1.82, 2.24) is 4.90 Å². The van der Waals surface area contributed by atoms with Crippen molar-refractivity contribution in [2.24, 2.45) is 0 Å². The van der Waals surface area contributed by atoms with Crippen LogP contribution in [0.15, 0.2) is 42.5 Å². The molecule has 2 aromatic carbocycles. The Balaban J connectivity index is 1.66. The molecule has 1 fully saturated rings. The van der Waals surface area contributed by atoms with Crippen molar-refractivity contribution >= 4 is 17.4 Å². The number of morpholine rings is 1. The van der Waals surface area contributed by atoms with E-state index in [0.717, 1.165) is 12.1 Å². The predicted molar refractivity (Wildman–Crippen MR) is 108 cm³/mol. The second-order valence-corrected chi connectivity index (χ2v) is 6.98. The van der Waals surface area contributed by atoms with Gasteiger partial charge in [0.25, 0.3) is 0 Å². The molecule has 31 heavy (non-hydrogen) atoms. The summed E-state index contributed by atoms with van der Waals surface area (Å²) in [7, 11) is 1.51. The minimum Gasteiger partial charge on any atom is -0.492 e. The van der Waals surface area contributed by atoms with E-state index >= 15 is 0 Å². The SMILES string of the molecule is CN(CCOc1ccc(F)cc1)C(=O)Nc1cc(C(F)(F)F)ccc1N1CCOCC1. The summed E-state index contributed by atoms with van der Waals surface area (Å²) in [4.78, 5) is 15.8. The van der Waals surface area contributed by atoms with E-state index in [4.69, 9.17) is 9.47 Å². The third kappa shape index (κ3) is 6.24. The first-order chi connectivity index (χ1) is 14.7. The third-order valence-corrected chi connectivity index (χ3v) is 4.77. The number of carbonyl (C=O) groups excluding carboxylic acids is 1. The van der Waals surface area contributed by atoms with Gasteiger partial charge in [-0.25, -0.2) is 9.18 Å². The number of alkyl halides is 3. The van der Waals surface area contributed by atoms with Crippen LogP contribution in [0.2, 0.25) is 0 Å². The summed E-state index contributed by atoms with van der Waals surface area (Å²) >= 11 is 0. The van der Waals surface area contributed by atoms with Crippen molar-refractivity contribution in [1.29, 1.82) is 0 Å². The Morgan fingerprint density at radius 2 is 1.84 bits per heavy atom. The number of rotatable bonds is 6. The molecule has 0 bridgehead atoms. The maximum Gasteiger partial charge on any atom is 0.416 e. The van der Waals surface area contributed by atoms with Gasteiger partial charge in [-0.1, -0.05) is 0 Å². The second-order valence-electron chi connectivity index (χ2n) is 6.98. The van der Waals surface area contributed by atoms with Gasteiger partial charge in [0.2, 0.25) is 0 Å². The van der Waals surface area contributed by atoms with Gasteiger partial charge in [0.1, 0.15) is 18.2 Å². The largest absolute Gasteiger partial charge is 0.492 e. The third-order valence-electron chi connectivity index (χ3n) is 4.77. The molecule has 0 aromatic heterocycles. The minimum absolute atomic E-state index is 0.0769.